The van der Waals surface area contributed by atoms with E-state index in [1.807, 2.05) is 45.9 Å². The summed E-state index contributed by atoms with van der Waals surface area (Å²) in [4.78, 5) is 14.1. The van der Waals surface area contributed by atoms with Crippen LogP contribution in [0.25, 0.3) is 0 Å². The van der Waals surface area contributed by atoms with Gasteiger partial charge < -0.3 is 15.5 Å². The van der Waals surface area contributed by atoms with Gasteiger partial charge >= 0.3 is 0 Å². The molecule has 0 unspecified atom stereocenters. The minimum Gasteiger partial charge on any atom is -0.340 e. The number of aryl methyl sites for hydroxylation is 1. The molecule has 1 fully saturated rings. The van der Waals surface area contributed by atoms with E-state index < -0.39 is 15.6 Å². The summed E-state index contributed by atoms with van der Waals surface area (Å²) in [5, 5.41) is 6.51. The summed E-state index contributed by atoms with van der Waals surface area (Å²) < 4.78 is 28.2. The molecule has 2 heterocycles. The van der Waals surface area contributed by atoms with Gasteiger partial charge in [0.2, 0.25) is 16.0 Å². The van der Waals surface area contributed by atoms with Crippen LogP contribution in [0.4, 0.5) is 23.1 Å². The van der Waals surface area contributed by atoms with Crippen LogP contribution in [-0.2, 0) is 16.6 Å². The quantitative estimate of drug-likeness (QED) is 0.406. The van der Waals surface area contributed by atoms with Gasteiger partial charge in [-0.15, -0.1) is 0 Å². The number of likely N-dealkylation sites (N-methyl/N-ethyl adjacent to an activating group) is 1. The van der Waals surface area contributed by atoms with Crippen LogP contribution in [0.15, 0.2) is 59.6 Å². The molecule has 3 N–H and O–H groups in total. The number of nitrogens with zero attached hydrogens (tertiary/aromatic N) is 4. The van der Waals surface area contributed by atoms with Crippen LogP contribution in [0.3, 0.4) is 0 Å². The van der Waals surface area contributed by atoms with Gasteiger partial charge in [0, 0.05) is 61.4 Å². The van der Waals surface area contributed by atoms with Crippen LogP contribution in [0.5, 0.6) is 0 Å². The number of piperazine rings is 1. The molecule has 37 heavy (non-hydrogen) atoms. The highest BCUT2D eigenvalue weighted by molar-refractivity contribution is 7.89. The molecule has 198 valence electrons. The molecule has 3 aromatic rings. The lowest BCUT2D eigenvalue weighted by atomic mass is 10.1. The lowest BCUT2D eigenvalue weighted by molar-refractivity contribution is 0.148. The maximum Gasteiger partial charge on any atom is 0.241 e. The Bertz CT molecular complexity index is 1310. The van der Waals surface area contributed by atoms with Gasteiger partial charge in [0.05, 0.1) is 4.90 Å². The fourth-order valence-electron chi connectivity index (χ4n) is 4.06. The molecule has 2 aromatic carbocycles. The molecule has 4 rings (SSSR count). The molecule has 9 nitrogen and oxygen atoms in total. The van der Waals surface area contributed by atoms with Crippen molar-refractivity contribution >= 4 is 33.2 Å². The fraction of sp³-hybridized carbons (Fsp3) is 0.407. The maximum atomic E-state index is 12.7. The number of nitrogens with one attached hydrogen (secondary N) is 3. The van der Waals surface area contributed by atoms with Crippen molar-refractivity contribution in [1.82, 2.24) is 24.5 Å². The Morgan fingerprint density at radius 3 is 2.32 bits per heavy atom. The van der Waals surface area contributed by atoms with Crippen LogP contribution in [0, 0.1) is 6.92 Å². The van der Waals surface area contributed by atoms with E-state index >= 15 is 0 Å². The largest absolute Gasteiger partial charge is 0.340 e. The predicted molar refractivity (Wildman–Crippen MR) is 149 cm³/mol. The standard InChI is InChI=1S/C27H37N7O2S/c1-20-18-28-26(30-22-11-9-21(10-12-22)19-34-15-13-33(5)14-16-34)31-25(20)29-23-7-6-8-24(17-23)37(35,36)32-27(2,3)4/h6-12,17-18,32H,13-16,19H2,1-5H3,(H2,28,29,30,31). The Labute approximate surface area is 220 Å². The molecule has 1 aromatic heterocycles. The zero-order chi connectivity index (χ0) is 26.6. The first-order chi connectivity index (χ1) is 17.5. The highest BCUT2D eigenvalue weighted by Crippen LogP contribution is 2.24. The van der Waals surface area contributed by atoms with Crippen molar-refractivity contribution < 1.29 is 8.42 Å². The summed E-state index contributed by atoms with van der Waals surface area (Å²) in [5.41, 5.74) is 3.07. The molecule has 0 amide bonds. The SMILES string of the molecule is Cc1cnc(Nc2ccc(CN3CCN(C)CC3)cc2)nc1Nc1cccc(S(=O)(=O)NC(C)(C)C)c1. The third-order valence-electron chi connectivity index (χ3n) is 6.03. The summed E-state index contributed by atoms with van der Waals surface area (Å²) in [6.45, 7) is 12.7. The van der Waals surface area contributed by atoms with Crippen LogP contribution in [-0.4, -0.2) is 67.0 Å². The van der Waals surface area contributed by atoms with E-state index in [2.05, 4.69) is 54.3 Å². The number of rotatable bonds is 8. The van der Waals surface area contributed by atoms with E-state index in [1.165, 1.54) is 5.56 Å². The average molecular weight is 524 g/mol. The van der Waals surface area contributed by atoms with Gasteiger partial charge in [0.1, 0.15) is 5.82 Å². The molecule has 1 saturated heterocycles. The van der Waals surface area contributed by atoms with Gasteiger partial charge in [0.25, 0.3) is 0 Å². The molecule has 0 radical (unpaired) electrons. The molecule has 0 bridgehead atoms. The molecule has 0 atom stereocenters. The number of anilines is 4. The third kappa shape index (κ3) is 7.72. The molecule has 0 saturated carbocycles. The normalized spacial score (nSPS) is 15.5. The van der Waals surface area contributed by atoms with Crippen molar-refractivity contribution in [1.29, 1.82) is 0 Å². The van der Waals surface area contributed by atoms with Gasteiger partial charge in [-0.05, 0) is 70.6 Å². The number of benzene rings is 2. The van der Waals surface area contributed by atoms with Crippen LogP contribution >= 0.6 is 0 Å². The van der Waals surface area contributed by atoms with E-state index in [0.29, 0.717) is 17.5 Å². The number of aromatic nitrogens is 2. The minimum absolute atomic E-state index is 0.189. The molecular formula is C27H37N7O2S. The lowest BCUT2D eigenvalue weighted by Crippen LogP contribution is -2.43. The second-order valence-corrected chi connectivity index (χ2v) is 12.3. The zero-order valence-electron chi connectivity index (χ0n) is 22.2. The molecule has 10 heteroatoms. The van der Waals surface area contributed by atoms with Crippen molar-refractivity contribution in [2.24, 2.45) is 0 Å². The van der Waals surface area contributed by atoms with Crippen molar-refractivity contribution in [2.75, 3.05) is 43.9 Å². The Hall–Kier alpha value is -3.05. The second-order valence-electron chi connectivity index (χ2n) is 10.6. The Morgan fingerprint density at radius 1 is 0.946 bits per heavy atom. The minimum atomic E-state index is -3.65. The summed E-state index contributed by atoms with van der Waals surface area (Å²) in [6.07, 6.45) is 1.74. The maximum absolute atomic E-state index is 12.7. The summed E-state index contributed by atoms with van der Waals surface area (Å²) in [5.74, 6) is 1.06. The van der Waals surface area contributed by atoms with E-state index in [9.17, 15) is 8.42 Å². The monoisotopic (exact) mass is 523 g/mol. The van der Waals surface area contributed by atoms with Gasteiger partial charge in [-0.1, -0.05) is 18.2 Å². The fourth-order valence-corrected chi connectivity index (χ4v) is 5.52. The molecular weight excluding hydrogens is 486 g/mol. The van der Waals surface area contributed by atoms with Crippen LogP contribution in [0.2, 0.25) is 0 Å². The van der Waals surface area contributed by atoms with Crippen LogP contribution in [0.1, 0.15) is 31.9 Å². The summed E-state index contributed by atoms with van der Waals surface area (Å²) >= 11 is 0. The molecule has 0 aliphatic carbocycles. The first-order valence-electron chi connectivity index (χ1n) is 12.5. The first-order valence-corrected chi connectivity index (χ1v) is 14.0. The first kappa shape index (κ1) is 27.0. The molecule has 1 aliphatic heterocycles. The van der Waals surface area contributed by atoms with Crippen molar-refractivity contribution in [3.63, 3.8) is 0 Å². The Kier molecular flexibility index (Phi) is 8.13. The van der Waals surface area contributed by atoms with Crippen molar-refractivity contribution in [3.05, 3.63) is 65.9 Å². The van der Waals surface area contributed by atoms with E-state index in [0.717, 1.165) is 44.0 Å². The topological polar surface area (TPSA) is 102 Å². The predicted octanol–water partition coefficient (Wildman–Crippen LogP) is 4.10. The Morgan fingerprint density at radius 2 is 1.65 bits per heavy atom. The second kappa shape index (κ2) is 11.1. The van der Waals surface area contributed by atoms with Crippen LogP contribution < -0.4 is 15.4 Å². The smallest absolute Gasteiger partial charge is 0.241 e. The number of hydrogen-bond donors (Lipinski definition) is 3. The average Bonchev–Trinajstić information content (AvgIpc) is 2.83. The summed E-state index contributed by atoms with van der Waals surface area (Å²) in [7, 11) is -1.48. The van der Waals surface area contributed by atoms with Gasteiger partial charge in [0.15, 0.2) is 0 Å². The summed E-state index contributed by atoms with van der Waals surface area (Å²) in [6, 6.07) is 15.0. The van der Waals surface area contributed by atoms with Crippen molar-refractivity contribution in [3.8, 4) is 0 Å². The third-order valence-corrected chi connectivity index (χ3v) is 7.79. The highest BCUT2D eigenvalue weighted by Gasteiger charge is 2.22. The van der Waals surface area contributed by atoms with E-state index in [-0.39, 0.29) is 4.90 Å². The van der Waals surface area contributed by atoms with E-state index in [1.54, 1.807) is 24.4 Å². The van der Waals surface area contributed by atoms with Gasteiger partial charge in [-0.3, -0.25) is 4.90 Å². The van der Waals surface area contributed by atoms with Gasteiger partial charge in [-0.25, -0.2) is 18.1 Å². The molecule has 0 spiro atoms. The number of sulfonamides is 1. The highest BCUT2D eigenvalue weighted by atomic mass is 32.2. The zero-order valence-corrected chi connectivity index (χ0v) is 23.1. The molecule has 1 aliphatic rings. The Balaban J connectivity index is 1.43. The number of hydrogen-bond acceptors (Lipinski definition) is 8. The van der Waals surface area contributed by atoms with Gasteiger partial charge in [-0.2, -0.15) is 4.98 Å². The van der Waals surface area contributed by atoms with E-state index in [4.69, 9.17) is 0 Å². The van der Waals surface area contributed by atoms with Crippen molar-refractivity contribution in [2.45, 2.75) is 44.7 Å². The lowest BCUT2D eigenvalue weighted by Gasteiger charge is -2.32.